The van der Waals surface area contributed by atoms with Crippen molar-refractivity contribution in [3.05, 3.63) is 76.1 Å². The third-order valence-corrected chi connectivity index (χ3v) is 5.85. The molecule has 0 fully saturated rings. The maximum absolute atomic E-state index is 12.5. The number of rotatable bonds is 4. The van der Waals surface area contributed by atoms with E-state index in [1.54, 1.807) is 13.3 Å². The number of ether oxygens (including phenoxy) is 1. The first-order valence-corrected chi connectivity index (χ1v) is 9.43. The molecule has 1 heterocycles. The van der Waals surface area contributed by atoms with Gasteiger partial charge in [-0.1, -0.05) is 48.0 Å². The van der Waals surface area contributed by atoms with Crippen LogP contribution in [0.4, 0.5) is 0 Å². The lowest BCUT2D eigenvalue weighted by atomic mass is 10.1. The highest BCUT2D eigenvalue weighted by atomic mass is 35.5. The summed E-state index contributed by atoms with van der Waals surface area (Å²) < 4.78 is 6.11. The number of hydrogen-bond donors (Lipinski definition) is 1. The molecule has 0 spiro atoms. The zero-order chi connectivity index (χ0) is 18.8. The number of methoxy groups -OCH3 is 1. The number of thiophene rings is 1. The molecule has 0 saturated heterocycles. The molecule has 134 valence electrons. The van der Waals surface area contributed by atoms with Crippen LogP contribution in [0, 0.1) is 0 Å². The molecule has 3 aromatic carbocycles. The van der Waals surface area contributed by atoms with Crippen LogP contribution in [-0.2, 0) is 0 Å². The molecule has 0 atom stereocenters. The van der Waals surface area contributed by atoms with Gasteiger partial charge in [0.05, 0.1) is 18.3 Å². The summed E-state index contributed by atoms with van der Waals surface area (Å²) in [4.78, 5) is 12.9. The van der Waals surface area contributed by atoms with E-state index in [-0.39, 0.29) is 5.91 Å². The third-order valence-electron chi connectivity index (χ3n) is 4.20. The Kier molecular flexibility index (Phi) is 4.79. The summed E-state index contributed by atoms with van der Waals surface area (Å²) in [6.07, 6.45) is 1.62. The maximum atomic E-state index is 12.5. The number of hydrogen-bond acceptors (Lipinski definition) is 4. The van der Waals surface area contributed by atoms with Crippen LogP contribution in [0.1, 0.15) is 15.2 Å². The number of fused-ring (bicyclic) bond motifs is 2. The third kappa shape index (κ3) is 3.52. The Morgan fingerprint density at radius 3 is 2.74 bits per heavy atom. The van der Waals surface area contributed by atoms with Crippen LogP contribution in [0.3, 0.4) is 0 Å². The average molecular weight is 395 g/mol. The van der Waals surface area contributed by atoms with Crippen LogP contribution in [0.2, 0.25) is 5.02 Å². The minimum atomic E-state index is -0.336. The first kappa shape index (κ1) is 17.5. The van der Waals surface area contributed by atoms with E-state index >= 15 is 0 Å². The summed E-state index contributed by atoms with van der Waals surface area (Å²) in [6, 6.07) is 19.6. The molecule has 27 heavy (non-hydrogen) atoms. The van der Waals surface area contributed by atoms with Gasteiger partial charge in [-0.15, -0.1) is 11.3 Å². The number of carbonyl (C=O) groups is 1. The van der Waals surface area contributed by atoms with E-state index in [4.69, 9.17) is 16.3 Å². The van der Waals surface area contributed by atoms with Crippen molar-refractivity contribution in [1.29, 1.82) is 0 Å². The van der Waals surface area contributed by atoms with E-state index < -0.39 is 0 Å². The summed E-state index contributed by atoms with van der Waals surface area (Å²) in [5, 5.41) is 7.60. The number of halogens is 1. The van der Waals surface area contributed by atoms with Gasteiger partial charge in [0, 0.05) is 10.1 Å². The number of hydrazone groups is 1. The van der Waals surface area contributed by atoms with Crippen LogP contribution >= 0.6 is 22.9 Å². The van der Waals surface area contributed by atoms with Crippen molar-refractivity contribution >= 4 is 55.9 Å². The smallest absolute Gasteiger partial charge is 0.283 e. The normalized spacial score (nSPS) is 11.3. The lowest BCUT2D eigenvalue weighted by Gasteiger charge is -2.00. The Morgan fingerprint density at radius 1 is 1.11 bits per heavy atom. The van der Waals surface area contributed by atoms with Gasteiger partial charge < -0.3 is 4.74 Å². The predicted molar refractivity (Wildman–Crippen MR) is 112 cm³/mol. The second-order valence-electron chi connectivity index (χ2n) is 5.91. The van der Waals surface area contributed by atoms with Crippen molar-refractivity contribution in [2.24, 2.45) is 5.10 Å². The minimum absolute atomic E-state index is 0.336. The summed E-state index contributed by atoms with van der Waals surface area (Å²) in [5.74, 6) is 0.388. The lowest BCUT2D eigenvalue weighted by molar-refractivity contribution is 0.0959. The average Bonchev–Trinajstić information content (AvgIpc) is 3.03. The summed E-state index contributed by atoms with van der Waals surface area (Å²) in [6.45, 7) is 0. The molecular weight excluding hydrogens is 380 g/mol. The topological polar surface area (TPSA) is 50.7 Å². The molecule has 0 aliphatic rings. The van der Waals surface area contributed by atoms with Crippen LogP contribution in [0.15, 0.2) is 65.8 Å². The van der Waals surface area contributed by atoms with Gasteiger partial charge in [-0.2, -0.15) is 5.10 Å². The summed E-state index contributed by atoms with van der Waals surface area (Å²) in [5.41, 5.74) is 3.45. The largest absolute Gasteiger partial charge is 0.497 e. The SMILES string of the molecule is COc1ccc2c(Cl)c(C(=O)NN=Cc3ccc4ccccc4c3)sc2c1. The molecule has 1 aromatic heterocycles. The van der Waals surface area contributed by atoms with E-state index in [1.165, 1.54) is 11.3 Å². The fourth-order valence-electron chi connectivity index (χ4n) is 2.82. The second-order valence-corrected chi connectivity index (χ2v) is 7.34. The molecule has 0 radical (unpaired) electrons. The highest BCUT2D eigenvalue weighted by Gasteiger charge is 2.17. The first-order chi connectivity index (χ1) is 13.2. The Morgan fingerprint density at radius 2 is 1.93 bits per heavy atom. The van der Waals surface area contributed by atoms with E-state index in [0.717, 1.165) is 32.2 Å². The van der Waals surface area contributed by atoms with Crippen molar-refractivity contribution in [2.45, 2.75) is 0 Å². The molecule has 1 N–H and O–H groups in total. The molecule has 4 nitrogen and oxygen atoms in total. The molecule has 6 heteroatoms. The molecule has 0 unspecified atom stereocenters. The van der Waals surface area contributed by atoms with Crippen LogP contribution in [0.5, 0.6) is 5.75 Å². The summed E-state index contributed by atoms with van der Waals surface area (Å²) >= 11 is 7.68. The van der Waals surface area contributed by atoms with Crippen molar-refractivity contribution in [3.63, 3.8) is 0 Å². The molecule has 0 aliphatic carbocycles. The van der Waals surface area contributed by atoms with Crippen molar-refractivity contribution in [2.75, 3.05) is 7.11 Å². The van der Waals surface area contributed by atoms with Crippen LogP contribution < -0.4 is 10.2 Å². The quantitative estimate of drug-likeness (QED) is 0.368. The monoisotopic (exact) mass is 394 g/mol. The fraction of sp³-hybridized carbons (Fsp3) is 0.0476. The Bertz CT molecular complexity index is 1180. The van der Waals surface area contributed by atoms with Gasteiger partial charge in [0.25, 0.3) is 5.91 Å². The van der Waals surface area contributed by atoms with Crippen LogP contribution in [-0.4, -0.2) is 19.2 Å². The van der Waals surface area contributed by atoms with Gasteiger partial charge in [-0.3, -0.25) is 4.79 Å². The molecular formula is C21H15ClN2O2S. The molecule has 0 saturated carbocycles. The van der Waals surface area contributed by atoms with Gasteiger partial charge in [0.2, 0.25) is 0 Å². The van der Waals surface area contributed by atoms with Gasteiger partial charge in [0.15, 0.2) is 0 Å². The second kappa shape index (κ2) is 7.39. The van der Waals surface area contributed by atoms with Gasteiger partial charge in [0.1, 0.15) is 10.6 Å². The number of amides is 1. The number of benzene rings is 3. The highest BCUT2D eigenvalue weighted by Crippen LogP contribution is 2.37. The van der Waals surface area contributed by atoms with Gasteiger partial charge >= 0.3 is 0 Å². The van der Waals surface area contributed by atoms with E-state index in [1.807, 2.05) is 54.6 Å². The van der Waals surface area contributed by atoms with Gasteiger partial charge in [-0.05, 0) is 40.6 Å². The predicted octanol–water partition coefficient (Wildman–Crippen LogP) is 5.48. The van der Waals surface area contributed by atoms with Crippen molar-refractivity contribution in [1.82, 2.24) is 5.43 Å². The molecule has 1 amide bonds. The Balaban J connectivity index is 1.53. The molecule has 0 aliphatic heterocycles. The van der Waals surface area contributed by atoms with E-state index in [9.17, 15) is 4.79 Å². The van der Waals surface area contributed by atoms with Crippen molar-refractivity contribution < 1.29 is 9.53 Å². The lowest BCUT2D eigenvalue weighted by Crippen LogP contribution is -2.16. The van der Waals surface area contributed by atoms with Gasteiger partial charge in [-0.25, -0.2) is 5.43 Å². The Labute approximate surface area is 165 Å². The molecule has 4 aromatic rings. The van der Waals surface area contributed by atoms with E-state index in [0.29, 0.717) is 9.90 Å². The number of carbonyl (C=O) groups excluding carboxylic acids is 1. The van der Waals surface area contributed by atoms with Crippen molar-refractivity contribution in [3.8, 4) is 5.75 Å². The maximum Gasteiger partial charge on any atom is 0.283 e. The fourth-order valence-corrected chi connectivity index (χ4v) is 4.26. The first-order valence-electron chi connectivity index (χ1n) is 8.24. The number of nitrogens with one attached hydrogen (secondary N) is 1. The molecule has 0 bridgehead atoms. The Hall–Kier alpha value is -2.89. The summed E-state index contributed by atoms with van der Waals surface area (Å²) in [7, 11) is 1.60. The minimum Gasteiger partial charge on any atom is -0.497 e. The van der Waals surface area contributed by atoms with E-state index in [2.05, 4.69) is 16.6 Å². The zero-order valence-corrected chi connectivity index (χ0v) is 16.0. The van der Waals surface area contributed by atoms with Crippen LogP contribution in [0.25, 0.3) is 20.9 Å². The highest BCUT2D eigenvalue weighted by molar-refractivity contribution is 7.21. The number of nitrogens with zero attached hydrogens (tertiary/aromatic N) is 1. The standard InChI is InChI=1S/C21H15ClN2O2S/c1-26-16-8-9-17-18(11-16)27-20(19(17)22)21(25)24-23-12-13-6-7-14-4-2-3-5-15(14)10-13/h2-12H,1H3,(H,24,25). The zero-order valence-electron chi connectivity index (χ0n) is 14.4. The molecule has 4 rings (SSSR count).